The second-order valence-electron chi connectivity index (χ2n) is 8.57. The molecule has 0 amide bonds. The Balaban J connectivity index is 1.33. The highest BCUT2D eigenvalue weighted by Gasteiger charge is 2.57. The maximum absolute atomic E-state index is 13.2. The highest BCUT2D eigenvalue weighted by Crippen LogP contribution is 2.48. The highest BCUT2D eigenvalue weighted by atomic mass is 32.2. The second-order valence-corrected chi connectivity index (χ2v) is 10.5. The van der Waals surface area contributed by atoms with Crippen molar-refractivity contribution in [1.29, 1.82) is 0 Å². The molecular weight excluding hydrogens is 402 g/mol. The number of piperazine rings is 1. The van der Waals surface area contributed by atoms with Gasteiger partial charge in [0, 0.05) is 52.3 Å². The zero-order valence-electron chi connectivity index (χ0n) is 16.2. The molecule has 1 N–H and O–H groups in total. The van der Waals surface area contributed by atoms with Crippen LogP contribution in [-0.2, 0) is 10.2 Å². The number of fused-ring (bicyclic) bond motifs is 1. The van der Waals surface area contributed by atoms with Crippen molar-refractivity contribution in [2.45, 2.75) is 37.1 Å². The van der Waals surface area contributed by atoms with Crippen molar-refractivity contribution in [3.63, 3.8) is 0 Å². The number of nitrogens with zero attached hydrogens (tertiary/aromatic N) is 5. The molecule has 1 spiro atoms. The Morgan fingerprint density at radius 2 is 2.03 bits per heavy atom. The Morgan fingerprint density at radius 3 is 2.72 bits per heavy atom. The maximum Gasteiger partial charge on any atom is 0.282 e. The summed E-state index contributed by atoms with van der Waals surface area (Å²) in [5.74, 6) is -2.10. The maximum atomic E-state index is 13.2. The molecule has 0 atom stereocenters. The molecule has 0 bridgehead atoms. The predicted octanol–water partition coefficient (Wildman–Crippen LogP) is 1.83. The van der Waals surface area contributed by atoms with Crippen molar-refractivity contribution < 1.29 is 17.2 Å². The summed E-state index contributed by atoms with van der Waals surface area (Å²) < 4.78 is 55.5. The van der Waals surface area contributed by atoms with Crippen LogP contribution in [0.4, 0.5) is 14.6 Å². The van der Waals surface area contributed by atoms with E-state index in [1.165, 1.54) is 17.7 Å². The molecule has 3 aliphatic rings. The van der Waals surface area contributed by atoms with Gasteiger partial charge in [0.2, 0.25) is 5.92 Å². The molecule has 2 aromatic heterocycles. The van der Waals surface area contributed by atoms with Gasteiger partial charge in [0.25, 0.3) is 10.2 Å². The number of H-pyrrole nitrogens is 1. The minimum atomic E-state index is -3.70. The number of halogens is 2. The number of hydrogen-bond acceptors (Lipinski definition) is 5. The Kier molecular flexibility index (Phi) is 4.17. The summed E-state index contributed by atoms with van der Waals surface area (Å²) in [6.45, 7) is 1.58. The van der Waals surface area contributed by atoms with E-state index in [1.54, 1.807) is 4.31 Å². The third-order valence-corrected chi connectivity index (χ3v) is 8.47. The van der Waals surface area contributed by atoms with Crippen molar-refractivity contribution in [2.75, 3.05) is 38.1 Å². The SMILES string of the molecule is CN(CC1CC(F)(F)C1)S(=O)(=O)N1CCN(c2ncnc3[nH]ccc23)CC12CC2. The molecule has 3 heterocycles. The first kappa shape index (κ1) is 19.1. The van der Waals surface area contributed by atoms with Gasteiger partial charge in [0.05, 0.1) is 10.9 Å². The highest BCUT2D eigenvalue weighted by molar-refractivity contribution is 7.86. The molecule has 1 saturated heterocycles. The zero-order valence-corrected chi connectivity index (χ0v) is 17.0. The van der Waals surface area contributed by atoms with Gasteiger partial charge in [0.15, 0.2) is 0 Å². The zero-order chi connectivity index (χ0) is 20.4. The number of anilines is 1. The van der Waals surface area contributed by atoms with E-state index in [2.05, 4.69) is 19.9 Å². The summed E-state index contributed by atoms with van der Waals surface area (Å²) in [4.78, 5) is 13.9. The van der Waals surface area contributed by atoms with Gasteiger partial charge < -0.3 is 9.88 Å². The topological polar surface area (TPSA) is 85.4 Å². The van der Waals surface area contributed by atoms with Crippen molar-refractivity contribution in [3.8, 4) is 0 Å². The molecule has 2 aromatic rings. The molecule has 0 unspecified atom stereocenters. The van der Waals surface area contributed by atoms with Gasteiger partial charge in [0.1, 0.15) is 17.8 Å². The molecule has 5 rings (SSSR count). The predicted molar refractivity (Wildman–Crippen MR) is 104 cm³/mol. The van der Waals surface area contributed by atoms with Gasteiger partial charge in [-0.1, -0.05) is 0 Å². The first-order valence-corrected chi connectivity index (χ1v) is 11.2. The van der Waals surface area contributed by atoms with Crippen molar-refractivity contribution in [1.82, 2.24) is 23.6 Å². The van der Waals surface area contributed by atoms with Crippen molar-refractivity contribution >= 4 is 27.1 Å². The van der Waals surface area contributed by atoms with E-state index in [-0.39, 0.29) is 25.3 Å². The number of nitrogens with one attached hydrogen (secondary N) is 1. The number of aromatic amines is 1. The summed E-state index contributed by atoms with van der Waals surface area (Å²) >= 11 is 0. The lowest BCUT2D eigenvalue weighted by atomic mass is 9.81. The largest absolute Gasteiger partial charge is 0.353 e. The normalized spacial score (nSPS) is 24.3. The molecule has 2 saturated carbocycles. The summed E-state index contributed by atoms with van der Waals surface area (Å²) in [7, 11) is -2.19. The van der Waals surface area contributed by atoms with Crippen LogP contribution in [0.1, 0.15) is 25.7 Å². The average Bonchev–Trinajstić information content (AvgIpc) is 3.22. The fourth-order valence-corrected chi connectivity index (χ4v) is 6.48. The fourth-order valence-electron chi connectivity index (χ4n) is 4.71. The number of hydrogen-bond donors (Lipinski definition) is 1. The standard InChI is InChI=1S/C18H24F2N6O2S/c1-24(10-13-8-18(19,20)9-13)29(27,28)26-7-6-25(11-17(26)3-4-17)16-14-2-5-21-15(14)22-12-23-16/h2,5,12-13H,3-4,6-11H2,1H3,(H,21,22,23). The first-order chi connectivity index (χ1) is 13.7. The molecule has 2 aliphatic carbocycles. The smallest absolute Gasteiger partial charge is 0.282 e. The van der Waals surface area contributed by atoms with Gasteiger partial charge >= 0.3 is 0 Å². The molecular formula is C18H24F2N6O2S. The molecule has 0 aromatic carbocycles. The number of rotatable bonds is 5. The number of alkyl halides is 2. The monoisotopic (exact) mass is 426 g/mol. The van der Waals surface area contributed by atoms with Crippen LogP contribution in [-0.4, -0.2) is 76.7 Å². The Morgan fingerprint density at radius 1 is 1.28 bits per heavy atom. The van der Waals surface area contributed by atoms with E-state index in [4.69, 9.17) is 0 Å². The van der Waals surface area contributed by atoms with E-state index in [9.17, 15) is 17.2 Å². The average molecular weight is 426 g/mol. The third kappa shape index (κ3) is 3.19. The van der Waals surface area contributed by atoms with Crippen LogP contribution in [0.2, 0.25) is 0 Å². The summed E-state index contributed by atoms with van der Waals surface area (Å²) in [5.41, 5.74) is 0.314. The summed E-state index contributed by atoms with van der Waals surface area (Å²) in [6, 6.07) is 1.93. The summed E-state index contributed by atoms with van der Waals surface area (Å²) in [6.07, 6.45) is 4.45. The van der Waals surface area contributed by atoms with Gasteiger partial charge in [-0.25, -0.2) is 18.7 Å². The van der Waals surface area contributed by atoms with Crippen LogP contribution in [0.15, 0.2) is 18.6 Å². The van der Waals surface area contributed by atoms with Crippen LogP contribution in [0.5, 0.6) is 0 Å². The van der Waals surface area contributed by atoms with Gasteiger partial charge in [-0.2, -0.15) is 17.0 Å². The summed E-state index contributed by atoms with van der Waals surface area (Å²) in [5, 5.41) is 0.919. The minimum Gasteiger partial charge on any atom is -0.353 e. The second kappa shape index (κ2) is 6.32. The third-order valence-electron chi connectivity index (χ3n) is 6.41. The van der Waals surface area contributed by atoms with Gasteiger partial charge in [-0.05, 0) is 24.8 Å². The van der Waals surface area contributed by atoms with Crippen LogP contribution in [0, 0.1) is 5.92 Å². The minimum absolute atomic E-state index is 0.143. The van der Waals surface area contributed by atoms with E-state index in [0.717, 1.165) is 29.7 Å². The molecule has 158 valence electrons. The lowest BCUT2D eigenvalue weighted by molar-refractivity contribution is -0.112. The molecule has 3 fully saturated rings. The Hall–Kier alpha value is -1.85. The van der Waals surface area contributed by atoms with Gasteiger partial charge in [-0.3, -0.25) is 0 Å². The molecule has 1 aliphatic heterocycles. The van der Waals surface area contributed by atoms with Crippen LogP contribution >= 0.6 is 0 Å². The lowest BCUT2D eigenvalue weighted by Crippen LogP contribution is -2.60. The van der Waals surface area contributed by atoms with E-state index in [1.807, 2.05) is 12.3 Å². The quantitative estimate of drug-likeness (QED) is 0.789. The van der Waals surface area contributed by atoms with Crippen molar-refractivity contribution in [3.05, 3.63) is 18.6 Å². The lowest BCUT2D eigenvalue weighted by Gasteiger charge is -2.44. The number of aromatic nitrogens is 3. The van der Waals surface area contributed by atoms with E-state index in [0.29, 0.717) is 19.6 Å². The van der Waals surface area contributed by atoms with Gasteiger partial charge in [-0.15, -0.1) is 0 Å². The van der Waals surface area contributed by atoms with Crippen LogP contribution < -0.4 is 4.90 Å². The Bertz CT molecular complexity index is 1030. The first-order valence-electron chi connectivity index (χ1n) is 9.85. The molecule has 29 heavy (non-hydrogen) atoms. The molecule has 0 radical (unpaired) electrons. The van der Waals surface area contributed by atoms with Crippen LogP contribution in [0.25, 0.3) is 11.0 Å². The Labute approximate surface area is 168 Å². The fraction of sp³-hybridized carbons (Fsp3) is 0.667. The van der Waals surface area contributed by atoms with E-state index >= 15 is 0 Å². The van der Waals surface area contributed by atoms with Crippen LogP contribution in [0.3, 0.4) is 0 Å². The van der Waals surface area contributed by atoms with E-state index < -0.39 is 21.7 Å². The van der Waals surface area contributed by atoms with Crippen molar-refractivity contribution in [2.24, 2.45) is 5.92 Å². The molecule has 8 nitrogen and oxygen atoms in total. The molecule has 11 heteroatoms.